The molecule has 0 aromatic rings. The molecule has 2 fully saturated rings. The SMILES string of the molecule is CC1CCC(CC(CBr)(CBr)C2CCCC2)O1. The van der Waals surface area contributed by atoms with Crippen LogP contribution in [0.25, 0.3) is 0 Å². The minimum Gasteiger partial charge on any atom is -0.375 e. The average molecular weight is 368 g/mol. The summed E-state index contributed by atoms with van der Waals surface area (Å²) in [6, 6.07) is 0. The summed E-state index contributed by atoms with van der Waals surface area (Å²) in [5, 5.41) is 2.23. The molecule has 1 aliphatic carbocycles. The molecule has 1 aliphatic heterocycles. The van der Waals surface area contributed by atoms with Crippen molar-refractivity contribution in [2.75, 3.05) is 10.7 Å². The summed E-state index contributed by atoms with van der Waals surface area (Å²) < 4.78 is 6.04. The van der Waals surface area contributed by atoms with Crippen LogP contribution in [-0.4, -0.2) is 22.9 Å². The van der Waals surface area contributed by atoms with Crippen molar-refractivity contribution in [2.24, 2.45) is 11.3 Å². The smallest absolute Gasteiger partial charge is 0.0585 e. The van der Waals surface area contributed by atoms with E-state index in [1.54, 1.807) is 0 Å². The highest BCUT2D eigenvalue weighted by atomic mass is 79.9. The maximum absolute atomic E-state index is 6.04. The van der Waals surface area contributed by atoms with Crippen LogP contribution in [0.15, 0.2) is 0 Å². The van der Waals surface area contributed by atoms with E-state index in [1.807, 2.05) is 0 Å². The Labute approximate surface area is 122 Å². The summed E-state index contributed by atoms with van der Waals surface area (Å²) in [7, 11) is 0. The zero-order chi connectivity index (χ0) is 12.3. The Morgan fingerprint density at radius 3 is 2.18 bits per heavy atom. The number of rotatable bonds is 5. The van der Waals surface area contributed by atoms with Crippen LogP contribution in [-0.2, 0) is 4.74 Å². The monoisotopic (exact) mass is 366 g/mol. The van der Waals surface area contributed by atoms with Crippen LogP contribution in [0.3, 0.4) is 0 Å². The third-order valence-corrected chi connectivity index (χ3v) is 6.94. The molecule has 0 bridgehead atoms. The lowest BCUT2D eigenvalue weighted by atomic mass is 9.73. The fourth-order valence-electron chi connectivity index (χ4n) is 3.56. The molecular formula is C14H24Br2O. The Kier molecular flexibility index (Phi) is 5.38. The molecule has 0 aromatic carbocycles. The molecule has 0 radical (unpaired) electrons. The van der Waals surface area contributed by atoms with Crippen LogP contribution >= 0.6 is 31.9 Å². The van der Waals surface area contributed by atoms with Gasteiger partial charge in [-0.05, 0) is 50.4 Å². The van der Waals surface area contributed by atoms with Gasteiger partial charge in [-0.3, -0.25) is 0 Å². The second kappa shape index (κ2) is 6.38. The first kappa shape index (κ1) is 14.3. The molecule has 17 heavy (non-hydrogen) atoms. The molecule has 2 unspecified atom stereocenters. The highest BCUT2D eigenvalue weighted by Gasteiger charge is 2.41. The highest BCUT2D eigenvalue weighted by molar-refractivity contribution is 9.09. The molecule has 0 aromatic heterocycles. The van der Waals surface area contributed by atoms with Gasteiger partial charge >= 0.3 is 0 Å². The molecule has 0 spiro atoms. The zero-order valence-electron chi connectivity index (χ0n) is 10.8. The van der Waals surface area contributed by atoms with E-state index < -0.39 is 0 Å². The third-order valence-electron chi connectivity index (χ3n) is 4.71. The second-order valence-electron chi connectivity index (χ2n) is 5.96. The third kappa shape index (κ3) is 3.27. The molecule has 0 N–H and O–H groups in total. The standard InChI is InChI=1S/C14H24Br2O/c1-11-6-7-13(17-11)8-14(9-15,10-16)12-4-2-3-5-12/h11-13H,2-10H2,1H3. The van der Waals surface area contributed by atoms with Crippen molar-refractivity contribution >= 4 is 31.9 Å². The Morgan fingerprint density at radius 1 is 1.06 bits per heavy atom. The molecule has 1 heterocycles. The first-order valence-corrected chi connectivity index (χ1v) is 9.22. The minimum atomic E-state index is 0.422. The number of ether oxygens (including phenoxy) is 1. The molecule has 1 nitrogen and oxygen atoms in total. The lowest BCUT2D eigenvalue weighted by molar-refractivity contribution is 0.0187. The topological polar surface area (TPSA) is 9.23 Å². The van der Waals surface area contributed by atoms with E-state index in [9.17, 15) is 0 Å². The van der Waals surface area contributed by atoms with Crippen molar-refractivity contribution in [1.29, 1.82) is 0 Å². The molecular weight excluding hydrogens is 344 g/mol. The minimum absolute atomic E-state index is 0.422. The van der Waals surface area contributed by atoms with E-state index in [-0.39, 0.29) is 0 Å². The van der Waals surface area contributed by atoms with Crippen LogP contribution in [0.1, 0.15) is 51.9 Å². The van der Waals surface area contributed by atoms with Crippen LogP contribution in [0.4, 0.5) is 0 Å². The van der Waals surface area contributed by atoms with Crippen molar-refractivity contribution in [3.8, 4) is 0 Å². The van der Waals surface area contributed by atoms with Gasteiger partial charge in [0.2, 0.25) is 0 Å². The van der Waals surface area contributed by atoms with E-state index in [4.69, 9.17) is 4.74 Å². The molecule has 1 saturated carbocycles. The number of hydrogen-bond donors (Lipinski definition) is 0. The summed E-state index contributed by atoms with van der Waals surface area (Å²) in [6.45, 7) is 2.21. The summed E-state index contributed by atoms with van der Waals surface area (Å²) in [5.74, 6) is 0.890. The number of halogens is 2. The van der Waals surface area contributed by atoms with E-state index >= 15 is 0 Å². The molecule has 2 atom stereocenters. The van der Waals surface area contributed by atoms with Gasteiger partial charge in [0.15, 0.2) is 0 Å². The van der Waals surface area contributed by atoms with Crippen LogP contribution in [0.5, 0.6) is 0 Å². The van der Waals surface area contributed by atoms with Gasteiger partial charge in [-0.15, -0.1) is 0 Å². The first-order valence-electron chi connectivity index (χ1n) is 6.97. The van der Waals surface area contributed by atoms with Gasteiger partial charge in [-0.25, -0.2) is 0 Å². The molecule has 100 valence electrons. The van der Waals surface area contributed by atoms with Crippen molar-refractivity contribution in [1.82, 2.24) is 0 Å². The van der Waals surface area contributed by atoms with Gasteiger partial charge in [-0.1, -0.05) is 44.7 Å². The van der Waals surface area contributed by atoms with E-state index in [0.717, 1.165) is 16.6 Å². The fraction of sp³-hybridized carbons (Fsp3) is 1.00. The summed E-state index contributed by atoms with van der Waals surface area (Å²) in [5.41, 5.74) is 0.422. The van der Waals surface area contributed by atoms with Gasteiger partial charge in [0.05, 0.1) is 12.2 Å². The lowest BCUT2D eigenvalue weighted by Gasteiger charge is -2.38. The predicted octanol–water partition coefficient (Wildman–Crippen LogP) is 4.91. The van der Waals surface area contributed by atoms with Crippen LogP contribution < -0.4 is 0 Å². The lowest BCUT2D eigenvalue weighted by Crippen LogP contribution is -2.36. The van der Waals surface area contributed by atoms with Gasteiger partial charge in [0.25, 0.3) is 0 Å². The summed E-state index contributed by atoms with van der Waals surface area (Å²) in [6.07, 6.45) is 10.4. The molecule has 2 rings (SSSR count). The van der Waals surface area contributed by atoms with E-state index in [0.29, 0.717) is 17.6 Å². The fourth-order valence-corrected chi connectivity index (χ4v) is 5.86. The van der Waals surface area contributed by atoms with Crippen molar-refractivity contribution in [3.63, 3.8) is 0 Å². The van der Waals surface area contributed by atoms with Crippen molar-refractivity contribution in [2.45, 2.75) is 64.1 Å². The van der Waals surface area contributed by atoms with Gasteiger partial charge in [0, 0.05) is 10.7 Å². The van der Waals surface area contributed by atoms with Gasteiger partial charge < -0.3 is 4.74 Å². The predicted molar refractivity (Wildman–Crippen MR) is 80.2 cm³/mol. The van der Waals surface area contributed by atoms with Crippen molar-refractivity contribution < 1.29 is 4.74 Å². The maximum atomic E-state index is 6.04. The Hall–Kier alpha value is 0.920. The molecule has 0 amide bonds. The molecule has 3 heteroatoms. The van der Waals surface area contributed by atoms with E-state index in [2.05, 4.69) is 38.8 Å². The first-order chi connectivity index (χ1) is 8.20. The quantitative estimate of drug-likeness (QED) is 0.627. The number of hydrogen-bond acceptors (Lipinski definition) is 1. The van der Waals surface area contributed by atoms with E-state index in [1.165, 1.54) is 44.9 Å². The Balaban J connectivity index is 1.99. The van der Waals surface area contributed by atoms with Crippen LogP contribution in [0.2, 0.25) is 0 Å². The largest absolute Gasteiger partial charge is 0.375 e. The molecule has 1 saturated heterocycles. The van der Waals surface area contributed by atoms with Gasteiger partial charge in [0.1, 0.15) is 0 Å². The van der Waals surface area contributed by atoms with Gasteiger partial charge in [-0.2, -0.15) is 0 Å². The van der Waals surface area contributed by atoms with Crippen LogP contribution in [0, 0.1) is 11.3 Å². The average Bonchev–Trinajstić information content (AvgIpc) is 2.98. The Bertz CT molecular complexity index is 234. The maximum Gasteiger partial charge on any atom is 0.0585 e. The molecule has 2 aliphatic rings. The summed E-state index contributed by atoms with van der Waals surface area (Å²) in [4.78, 5) is 0. The second-order valence-corrected chi connectivity index (χ2v) is 7.08. The normalized spacial score (nSPS) is 31.2. The van der Waals surface area contributed by atoms with Crippen molar-refractivity contribution in [3.05, 3.63) is 0 Å². The zero-order valence-corrected chi connectivity index (χ0v) is 13.9. The number of alkyl halides is 2. The highest BCUT2D eigenvalue weighted by Crippen LogP contribution is 2.47. The Morgan fingerprint density at radius 2 is 1.71 bits per heavy atom. The summed E-state index contributed by atoms with van der Waals surface area (Å²) >= 11 is 7.56.